The Hall–Kier alpha value is -3.71. The number of aldehydes is 1. The smallest absolute Gasteiger partial charge is 0.150 e. The van der Waals surface area contributed by atoms with Gasteiger partial charge in [-0.15, -0.1) is 0 Å². The summed E-state index contributed by atoms with van der Waals surface area (Å²) in [5.41, 5.74) is 7.11. The summed E-state index contributed by atoms with van der Waals surface area (Å²) in [4.78, 5) is 11.8. The lowest BCUT2D eigenvalue weighted by atomic mass is 9.84. The van der Waals surface area contributed by atoms with E-state index in [1.807, 2.05) is 78.9 Å². The van der Waals surface area contributed by atoms with Crippen molar-refractivity contribution in [2.75, 3.05) is 0 Å². The Morgan fingerprint density at radius 2 is 0.857 bits per heavy atom. The van der Waals surface area contributed by atoms with Gasteiger partial charge < -0.3 is 0 Å². The van der Waals surface area contributed by atoms with Crippen molar-refractivity contribution in [3.8, 4) is 0 Å². The van der Waals surface area contributed by atoms with Gasteiger partial charge in [-0.1, -0.05) is 115 Å². The molecule has 4 aromatic carbocycles. The number of carbonyl (C=O) groups is 1. The van der Waals surface area contributed by atoms with Crippen LogP contribution in [0.1, 0.15) is 32.6 Å². The molecule has 0 saturated heterocycles. The fourth-order valence-corrected chi connectivity index (χ4v) is 3.53. The average Bonchev–Trinajstić information content (AvgIpc) is 2.79. The monoisotopic (exact) mass is 360 g/mol. The molecule has 0 aromatic heterocycles. The Morgan fingerprint density at radius 3 is 1.32 bits per heavy atom. The zero-order chi connectivity index (χ0) is 19.2. The first-order chi connectivity index (χ1) is 13.9. The fourth-order valence-electron chi connectivity index (χ4n) is 3.53. The molecule has 4 aromatic rings. The number of rotatable bonds is 5. The van der Waals surface area contributed by atoms with Gasteiger partial charge in [0.1, 0.15) is 0 Å². The van der Waals surface area contributed by atoms with Crippen molar-refractivity contribution in [3.05, 3.63) is 143 Å². The highest BCUT2D eigenvalue weighted by molar-refractivity contribution is 6.07. The van der Waals surface area contributed by atoms with Crippen LogP contribution in [0.3, 0.4) is 0 Å². The molecule has 0 heterocycles. The van der Waals surface area contributed by atoms with E-state index < -0.39 is 0 Å². The molecule has 0 saturated carbocycles. The molecule has 0 unspecified atom stereocenters. The van der Waals surface area contributed by atoms with Crippen LogP contribution in [0.15, 0.2) is 115 Å². The highest BCUT2D eigenvalue weighted by Crippen LogP contribution is 2.37. The van der Waals surface area contributed by atoms with Crippen molar-refractivity contribution in [3.63, 3.8) is 0 Å². The molecule has 0 aliphatic rings. The maximum Gasteiger partial charge on any atom is 0.150 e. The van der Waals surface area contributed by atoms with Crippen LogP contribution in [-0.2, 0) is 0 Å². The van der Waals surface area contributed by atoms with E-state index in [0.717, 1.165) is 39.7 Å². The molecule has 0 radical (unpaired) electrons. The summed E-state index contributed by atoms with van der Waals surface area (Å²) in [6, 6.07) is 38.8. The van der Waals surface area contributed by atoms with Gasteiger partial charge in [-0.3, -0.25) is 4.79 Å². The minimum Gasteiger partial charge on any atom is -0.298 e. The van der Waals surface area contributed by atoms with Crippen LogP contribution in [0, 0.1) is 0 Å². The molecule has 0 aliphatic carbocycles. The molecular weight excluding hydrogens is 340 g/mol. The highest BCUT2D eigenvalue weighted by Gasteiger charge is 2.17. The molecule has 0 atom stereocenters. The summed E-state index contributed by atoms with van der Waals surface area (Å²) >= 11 is 0. The summed E-state index contributed by atoms with van der Waals surface area (Å²) in [5.74, 6) is 0. The summed E-state index contributed by atoms with van der Waals surface area (Å²) in [6.07, 6.45) is 0.936. The average molecular weight is 360 g/mol. The molecule has 4 rings (SSSR count). The van der Waals surface area contributed by atoms with E-state index >= 15 is 0 Å². The maximum atomic E-state index is 11.8. The van der Waals surface area contributed by atoms with E-state index in [0.29, 0.717) is 5.56 Å². The predicted molar refractivity (Wildman–Crippen MR) is 116 cm³/mol. The third kappa shape index (κ3) is 3.56. The van der Waals surface area contributed by atoms with Crippen molar-refractivity contribution in [2.45, 2.75) is 0 Å². The molecule has 0 amide bonds. The van der Waals surface area contributed by atoms with Crippen molar-refractivity contribution >= 4 is 17.4 Å². The number of hydrogen-bond acceptors (Lipinski definition) is 1. The standard InChI is InChI=1S/C27H20O/c28-20-24-18-10-11-19-25(24)27(23-16-8-3-9-17-23)26(21-12-4-1-5-13-21)22-14-6-2-7-15-22/h1-20H. The fraction of sp³-hybridized carbons (Fsp3) is 0. The molecule has 0 fully saturated rings. The minimum atomic E-state index is 0.686. The molecule has 0 aliphatic heterocycles. The Labute approximate surface area is 165 Å². The van der Waals surface area contributed by atoms with Gasteiger partial charge in [0.2, 0.25) is 0 Å². The van der Waals surface area contributed by atoms with Gasteiger partial charge in [-0.05, 0) is 33.4 Å². The zero-order valence-corrected chi connectivity index (χ0v) is 15.5. The molecule has 134 valence electrons. The quantitative estimate of drug-likeness (QED) is 0.293. The molecule has 0 N–H and O–H groups in total. The number of benzene rings is 4. The summed E-state index contributed by atoms with van der Waals surface area (Å²) in [7, 11) is 0. The summed E-state index contributed by atoms with van der Waals surface area (Å²) in [6.45, 7) is 0. The number of carbonyl (C=O) groups excluding carboxylic acids is 1. The molecule has 28 heavy (non-hydrogen) atoms. The first-order valence-electron chi connectivity index (χ1n) is 9.33. The Kier molecular flexibility index (Phi) is 5.26. The van der Waals surface area contributed by atoms with Gasteiger partial charge in [-0.2, -0.15) is 0 Å². The van der Waals surface area contributed by atoms with Gasteiger partial charge in [-0.25, -0.2) is 0 Å². The van der Waals surface area contributed by atoms with E-state index in [9.17, 15) is 4.79 Å². The predicted octanol–water partition coefficient (Wildman–Crippen LogP) is 6.51. The maximum absolute atomic E-state index is 11.8. The van der Waals surface area contributed by atoms with Gasteiger partial charge >= 0.3 is 0 Å². The van der Waals surface area contributed by atoms with Gasteiger partial charge in [0.15, 0.2) is 6.29 Å². The Morgan fingerprint density at radius 1 is 0.464 bits per heavy atom. The zero-order valence-electron chi connectivity index (χ0n) is 15.5. The van der Waals surface area contributed by atoms with E-state index in [-0.39, 0.29) is 0 Å². The Balaban J connectivity index is 2.14. The Bertz CT molecular complexity index is 1050. The highest BCUT2D eigenvalue weighted by atomic mass is 16.1. The van der Waals surface area contributed by atoms with Gasteiger partial charge in [0.25, 0.3) is 0 Å². The SMILES string of the molecule is O=Cc1ccccc1C(=C(c1ccccc1)c1ccccc1)c1ccccc1. The van der Waals surface area contributed by atoms with Crippen LogP contribution in [0.4, 0.5) is 0 Å². The lowest BCUT2D eigenvalue weighted by Gasteiger charge is -2.19. The van der Waals surface area contributed by atoms with Crippen LogP contribution in [0.5, 0.6) is 0 Å². The minimum absolute atomic E-state index is 0.686. The van der Waals surface area contributed by atoms with Crippen LogP contribution >= 0.6 is 0 Å². The second-order valence-electron chi connectivity index (χ2n) is 6.55. The largest absolute Gasteiger partial charge is 0.298 e. The van der Waals surface area contributed by atoms with Crippen molar-refractivity contribution in [1.82, 2.24) is 0 Å². The molecule has 0 spiro atoms. The van der Waals surface area contributed by atoms with Gasteiger partial charge in [0, 0.05) is 5.56 Å². The van der Waals surface area contributed by atoms with Gasteiger partial charge in [0.05, 0.1) is 0 Å². The second-order valence-corrected chi connectivity index (χ2v) is 6.55. The van der Waals surface area contributed by atoms with Crippen LogP contribution in [0.25, 0.3) is 11.1 Å². The van der Waals surface area contributed by atoms with Crippen LogP contribution in [-0.4, -0.2) is 6.29 Å². The van der Waals surface area contributed by atoms with E-state index in [4.69, 9.17) is 0 Å². The van der Waals surface area contributed by atoms with E-state index in [1.165, 1.54) is 0 Å². The van der Waals surface area contributed by atoms with Crippen molar-refractivity contribution in [2.24, 2.45) is 0 Å². The summed E-state index contributed by atoms with van der Waals surface area (Å²) in [5, 5.41) is 0. The lowest BCUT2D eigenvalue weighted by Crippen LogP contribution is -2.00. The third-order valence-electron chi connectivity index (χ3n) is 4.79. The topological polar surface area (TPSA) is 17.1 Å². The lowest BCUT2D eigenvalue weighted by molar-refractivity contribution is 0.112. The number of hydrogen-bond donors (Lipinski definition) is 0. The van der Waals surface area contributed by atoms with E-state index in [1.54, 1.807) is 0 Å². The van der Waals surface area contributed by atoms with Crippen LogP contribution < -0.4 is 0 Å². The molecule has 1 heteroatoms. The molecule has 0 bridgehead atoms. The van der Waals surface area contributed by atoms with Crippen molar-refractivity contribution < 1.29 is 4.79 Å². The van der Waals surface area contributed by atoms with Crippen molar-refractivity contribution in [1.29, 1.82) is 0 Å². The second kappa shape index (κ2) is 8.32. The molecule has 1 nitrogen and oxygen atoms in total. The first kappa shape index (κ1) is 17.7. The molecular formula is C27H20O. The third-order valence-corrected chi connectivity index (χ3v) is 4.79. The normalized spacial score (nSPS) is 10.3. The van der Waals surface area contributed by atoms with E-state index in [2.05, 4.69) is 36.4 Å². The van der Waals surface area contributed by atoms with Crippen LogP contribution in [0.2, 0.25) is 0 Å². The first-order valence-corrected chi connectivity index (χ1v) is 9.33. The summed E-state index contributed by atoms with van der Waals surface area (Å²) < 4.78 is 0.